The van der Waals surface area contributed by atoms with E-state index in [1.165, 1.54) is 11.8 Å². The number of H-pyrrole nitrogens is 1. The lowest BCUT2D eigenvalue weighted by Gasteiger charge is -2.14. The minimum Gasteiger partial charge on any atom is -0.376 e. The maximum absolute atomic E-state index is 12.3. The predicted molar refractivity (Wildman–Crippen MR) is 113 cm³/mol. The fraction of sp³-hybridized carbons (Fsp3) is 0.421. The molecule has 11 heteroatoms. The van der Waals surface area contributed by atoms with Gasteiger partial charge in [0, 0.05) is 24.5 Å². The molecular formula is C19H21ClN6O3S. The molecule has 3 N–H and O–H groups in total. The highest BCUT2D eigenvalue weighted by atomic mass is 35.5. The summed E-state index contributed by atoms with van der Waals surface area (Å²) in [6.45, 7) is 1.36. The number of fused-ring (bicyclic) bond motifs is 1. The van der Waals surface area contributed by atoms with E-state index < -0.39 is 0 Å². The topological polar surface area (TPSA) is 129 Å². The highest BCUT2D eigenvalue weighted by Crippen LogP contribution is 2.24. The van der Waals surface area contributed by atoms with Crippen molar-refractivity contribution in [3.05, 3.63) is 45.2 Å². The van der Waals surface area contributed by atoms with Crippen molar-refractivity contribution in [3.63, 3.8) is 0 Å². The quantitative estimate of drug-likeness (QED) is 0.504. The van der Waals surface area contributed by atoms with E-state index in [0.717, 1.165) is 19.4 Å². The van der Waals surface area contributed by atoms with Gasteiger partial charge in [0.1, 0.15) is 11.6 Å². The average molecular weight is 449 g/mol. The lowest BCUT2D eigenvalue weighted by Crippen LogP contribution is -2.19. The number of amides is 1. The zero-order valence-electron chi connectivity index (χ0n) is 16.1. The van der Waals surface area contributed by atoms with Gasteiger partial charge in [-0.15, -0.1) is 10.2 Å². The first-order valence-electron chi connectivity index (χ1n) is 9.63. The van der Waals surface area contributed by atoms with E-state index in [2.05, 4.69) is 20.2 Å². The highest BCUT2D eigenvalue weighted by Gasteiger charge is 2.21. The Morgan fingerprint density at radius 1 is 1.40 bits per heavy atom. The molecule has 1 aromatic carbocycles. The number of carbonyl (C=O) groups excluding carboxylic acids is 1. The molecule has 1 fully saturated rings. The third kappa shape index (κ3) is 4.82. The number of hydrogen-bond acceptors (Lipinski definition) is 7. The van der Waals surface area contributed by atoms with Crippen LogP contribution in [0.15, 0.2) is 28.2 Å². The second-order valence-electron chi connectivity index (χ2n) is 7.07. The lowest BCUT2D eigenvalue weighted by atomic mass is 10.2. The number of primary amides is 1. The van der Waals surface area contributed by atoms with Crippen molar-refractivity contribution in [2.75, 3.05) is 6.61 Å². The molecule has 0 saturated carbocycles. The summed E-state index contributed by atoms with van der Waals surface area (Å²) in [6.07, 6.45) is 2.70. The maximum Gasteiger partial charge on any atom is 0.258 e. The molecular weight excluding hydrogens is 428 g/mol. The van der Waals surface area contributed by atoms with Crippen molar-refractivity contribution in [2.24, 2.45) is 5.73 Å². The smallest absolute Gasteiger partial charge is 0.258 e. The summed E-state index contributed by atoms with van der Waals surface area (Å²) in [6, 6.07) is 4.99. The minimum atomic E-state index is -0.382. The third-order valence-electron chi connectivity index (χ3n) is 4.85. The number of aromatic amines is 1. The molecule has 3 aromatic rings. The number of halogens is 1. The molecule has 0 aliphatic carbocycles. The van der Waals surface area contributed by atoms with Crippen molar-refractivity contribution in [1.29, 1.82) is 0 Å². The van der Waals surface area contributed by atoms with Gasteiger partial charge in [0.25, 0.3) is 5.56 Å². The van der Waals surface area contributed by atoms with Crippen LogP contribution >= 0.6 is 23.4 Å². The minimum absolute atomic E-state index is 0.0911. The fourth-order valence-electron chi connectivity index (χ4n) is 3.38. The first kappa shape index (κ1) is 20.8. The summed E-state index contributed by atoms with van der Waals surface area (Å²) in [4.78, 5) is 30.8. The van der Waals surface area contributed by atoms with Crippen LogP contribution in [-0.2, 0) is 28.2 Å². The van der Waals surface area contributed by atoms with Gasteiger partial charge in [-0.2, -0.15) is 0 Å². The van der Waals surface area contributed by atoms with Crippen molar-refractivity contribution in [2.45, 2.75) is 49.2 Å². The lowest BCUT2D eigenvalue weighted by molar-refractivity contribution is -0.118. The van der Waals surface area contributed by atoms with Crippen LogP contribution in [0.1, 0.15) is 30.9 Å². The van der Waals surface area contributed by atoms with E-state index in [1.807, 2.05) is 4.57 Å². The van der Waals surface area contributed by atoms with Crippen LogP contribution in [0.4, 0.5) is 0 Å². The number of benzene rings is 1. The van der Waals surface area contributed by atoms with Crippen LogP contribution < -0.4 is 11.3 Å². The largest absolute Gasteiger partial charge is 0.376 e. The van der Waals surface area contributed by atoms with E-state index in [4.69, 9.17) is 22.1 Å². The number of thioether (sulfide) groups is 1. The SMILES string of the molecule is NC(=O)CCc1nnc(SCc2nc3cc(Cl)ccc3c(=O)[nH]2)n1C[C@H]1CCCO1. The Morgan fingerprint density at radius 2 is 2.27 bits per heavy atom. The summed E-state index contributed by atoms with van der Waals surface area (Å²) in [5.74, 6) is 1.23. The molecule has 1 aliphatic heterocycles. The standard InChI is InChI=1S/C19H21ClN6O3S/c20-11-3-4-13-14(8-11)22-16(23-18(13)28)10-30-19-25-24-17(6-5-15(21)27)26(19)9-12-2-1-7-29-12/h3-4,8,12H,1-2,5-7,9-10H2,(H2,21,27)(H,22,23,28)/t12-/m1/s1. The monoisotopic (exact) mass is 448 g/mol. The van der Waals surface area contributed by atoms with Gasteiger partial charge >= 0.3 is 0 Å². The van der Waals surface area contributed by atoms with Gasteiger partial charge < -0.3 is 20.0 Å². The second kappa shape index (κ2) is 9.15. The first-order chi connectivity index (χ1) is 14.5. The number of ether oxygens (including phenoxy) is 1. The van der Waals surface area contributed by atoms with E-state index in [0.29, 0.717) is 51.4 Å². The zero-order chi connectivity index (χ0) is 21.1. The molecule has 1 aliphatic rings. The van der Waals surface area contributed by atoms with Gasteiger partial charge in [-0.1, -0.05) is 23.4 Å². The fourth-order valence-corrected chi connectivity index (χ4v) is 4.39. The molecule has 0 unspecified atom stereocenters. The Labute approximate surface area is 181 Å². The molecule has 1 amide bonds. The normalized spacial score (nSPS) is 16.4. The summed E-state index contributed by atoms with van der Waals surface area (Å²) in [5.41, 5.74) is 5.62. The van der Waals surface area contributed by atoms with Crippen LogP contribution in [-0.4, -0.2) is 43.4 Å². The Kier molecular flexibility index (Phi) is 6.35. The van der Waals surface area contributed by atoms with E-state index in [9.17, 15) is 9.59 Å². The number of hydrogen-bond donors (Lipinski definition) is 2. The molecule has 1 saturated heterocycles. The summed E-state index contributed by atoms with van der Waals surface area (Å²) in [7, 11) is 0. The molecule has 3 heterocycles. The van der Waals surface area contributed by atoms with Crippen molar-refractivity contribution >= 4 is 40.2 Å². The van der Waals surface area contributed by atoms with Crippen molar-refractivity contribution in [1.82, 2.24) is 24.7 Å². The molecule has 0 bridgehead atoms. The summed E-state index contributed by atoms with van der Waals surface area (Å²) >= 11 is 7.44. The van der Waals surface area contributed by atoms with Crippen LogP contribution in [0.3, 0.4) is 0 Å². The average Bonchev–Trinajstić information content (AvgIpc) is 3.35. The van der Waals surface area contributed by atoms with E-state index >= 15 is 0 Å². The zero-order valence-corrected chi connectivity index (χ0v) is 17.7. The number of aryl methyl sites for hydroxylation is 1. The molecule has 30 heavy (non-hydrogen) atoms. The van der Waals surface area contributed by atoms with Gasteiger partial charge in [-0.25, -0.2) is 4.98 Å². The molecule has 2 aromatic heterocycles. The molecule has 1 atom stereocenters. The van der Waals surface area contributed by atoms with Gasteiger partial charge in [-0.3, -0.25) is 9.59 Å². The van der Waals surface area contributed by atoms with Crippen molar-refractivity contribution in [3.8, 4) is 0 Å². The first-order valence-corrected chi connectivity index (χ1v) is 11.0. The Bertz CT molecular complexity index is 1130. The number of nitrogens with zero attached hydrogens (tertiary/aromatic N) is 4. The van der Waals surface area contributed by atoms with Gasteiger partial charge in [-0.05, 0) is 31.0 Å². The predicted octanol–water partition coefficient (Wildman–Crippen LogP) is 2.06. The molecule has 0 radical (unpaired) electrons. The van der Waals surface area contributed by atoms with Gasteiger partial charge in [0.05, 0.1) is 29.3 Å². The molecule has 158 valence electrons. The van der Waals surface area contributed by atoms with Gasteiger partial charge in [0.2, 0.25) is 5.91 Å². The van der Waals surface area contributed by atoms with E-state index in [-0.39, 0.29) is 24.0 Å². The number of rotatable bonds is 8. The van der Waals surface area contributed by atoms with Gasteiger partial charge in [0.15, 0.2) is 5.16 Å². The maximum atomic E-state index is 12.3. The summed E-state index contributed by atoms with van der Waals surface area (Å²) in [5, 5.41) is 10.2. The Hall–Kier alpha value is -2.43. The Morgan fingerprint density at radius 3 is 3.03 bits per heavy atom. The van der Waals surface area contributed by atoms with Crippen LogP contribution in [0.2, 0.25) is 5.02 Å². The summed E-state index contributed by atoms with van der Waals surface area (Å²) < 4.78 is 7.72. The highest BCUT2D eigenvalue weighted by molar-refractivity contribution is 7.98. The third-order valence-corrected chi connectivity index (χ3v) is 6.07. The number of nitrogens with one attached hydrogen (secondary N) is 1. The van der Waals surface area contributed by atoms with Crippen LogP contribution in [0.5, 0.6) is 0 Å². The molecule has 9 nitrogen and oxygen atoms in total. The number of aromatic nitrogens is 5. The molecule has 0 spiro atoms. The van der Waals surface area contributed by atoms with Crippen LogP contribution in [0.25, 0.3) is 10.9 Å². The molecule has 4 rings (SSSR count). The number of carbonyl (C=O) groups is 1. The van der Waals surface area contributed by atoms with Crippen LogP contribution in [0, 0.1) is 0 Å². The van der Waals surface area contributed by atoms with Crippen molar-refractivity contribution < 1.29 is 9.53 Å². The van der Waals surface area contributed by atoms with E-state index in [1.54, 1.807) is 18.2 Å². The Balaban J connectivity index is 1.55. The number of nitrogens with two attached hydrogens (primary N) is 1. The second-order valence-corrected chi connectivity index (χ2v) is 8.45.